The summed E-state index contributed by atoms with van der Waals surface area (Å²) in [5, 5.41) is 3.11. The Hall–Kier alpha value is -1.62. The highest BCUT2D eigenvalue weighted by Gasteiger charge is 2.23. The number of piperazine rings is 1. The number of aromatic nitrogens is 1. The minimum atomic E-state index is -0.115. The fraction of sp³-hybridized carbons (Fsp3) is 0.500. The van der Waals surface area contributed by atoms with Crippen molar-refractivity contribution in [2.24, 2.45) is 0 Å². The van der Waals surface area contributed by atoms with Crippen molar-refractivity contribution in [3.63, 3.8) is 0 Å². The van der Waals surface area contributed by atoms with E-state index in [1.165, 1.54) is 6.07 Å². The summed E-state index contributed by atoms with van der Waals surface area (Å²) in [5.74, 6) is 0.111. The molecule has 0 spiro atoms. The molecule has 1 unspecified atom stereocenters. The monoisotopic (exact) mass is 235 g/mol. The molecular weight excluding hydrogens is 218 g/mol. The van der Waals surface area contributed by atoms with Gasteiger partial charge in [-0.15, -0.1) is 0 Å². The SMILES string of the molecule is CC1NCCN(CCn2ccccc2=O)C1=O. The highest BCUT2D eigenvalue weighted by atomic mass is 16.2. The van der Waals surface area contributed by atoms with Gasteiger partial charge in [-0.1, -0.05) is 6.07 Å². The summed E-state index contributed by atoms with van der Waals surface area (Å²) in [4.78, 5) is 25.1. The maximum atomic E-state index is 11.8. The summed E-state index contributed by atoms with van der Waals surface area (Å²) in [6, 6.07) is 4.96. The summed E-state index contributed by atoms with van der Waals surface area (Å²) >= 11 is 0. The largest absolute Gasteiger partial charge is 0.338 e. The van der Waals surface area contributed by atoms with Crippen LogP contribution in [0.1, 0.15) is 6.92 Å². The van der Waals surface area contributed by atoms with Crippen LogP contribution in [0, 0.1) is 0 Å². The lowest BCUT2D eigenvalue weighted by atomic mass is 10.2. The summed E-state index contributed by atoms with van der Waals surface area (Å²) in [6.45, 7) is 4.54. The van der Waals surface area contributed by atoms with Crippen molar-refractivity contribution in [2.45, 2.75) is 19.5 Å². The number of amides is 1. The summed E-state index contributed by atoms with van der Waals surface area (Å²) < 4.78 is 1.62. The van der Waals surface area contributed by atoms with Gasteiger partial charge in [0.05, 0.1) is 6.04 Å². The van der Waals surface area contributed by atoms with E-state index in [9.17, 15) is 9.59 Å². The first-order chi connectivity index (χ1) is 8.18. The van der Waals surface area contributed by atoms with Crippen LogP contribution < -0.4 is 10.9 Å². The van der Waals surface area contributed by atoms with E-state index in [1.54, 1.807) is 21.7 Å². The summed E-state index contributed by atoms with van der Waals surface area (Å²) in [6.07, 6.45) is 1.75. The van der Waals surface area contributed by atoms with Crippen molar-refractivity contribution in [1.29, 1.82) is 0 Å². The first-order valence-corrected chi connectivity index (χ1v) is 5.86. The van der Waals surface area contributed by atoms with Crippen molar-refractivity contribution in [3.05, 3.63) is 34.7 Å². The number of pyridine rings is 1. The molecule has 1 aliphatic heterocycles. The second-order valence-corrected chi connectivity index (χ2v) is 4.23. The Kier molecular flexibility index (Phi) is 3.58. The Labute approximate surface area is 100 Å². The zero-order chi connectivity index (χ0) is 12.3. The second kappa shape index (κ2) is 5.14. The summed E-state index contributed by atoms with van der Waals surface area (Å²) in [7, 11) is 0. The number of hydrogen-bond donors (Lipinski definition) is 1. The van der Waals surface area contributed by atoms with E-state index in [2.05, 4.69) is 5.32 Å². The maximum Gasteiger partial charge on any atom is 0.250 e. The third kappa shape index (κ3) is 2.74. The molecule has 1 aromatic heterocycles. The molecule has 1 atom stereocenters. The molecule has 17 heavy (non-hydrogen) atoms. The minimum Gasteiger partial charge on any atom is -0.338 e. The zero-order valence-electron chi connectivity index (χ0n) is 9.93. The fourth-order valence-electron chi connectivity index (χ4n) is 1.98. The zero-order valence-corrected chi connectivity index (χ0v) is 9.93. The molecule has 5 nitrogen and oxygen atoms in total. The molecule has 0 aromatic carbocycles. The smallest absolute Gasteiger partial charge is 0.250 e. The standard InChI is InChI=1S/C12H17N3O2/c1-10-12(17)15(7-5-13-10)9-8-14-6-3-2-4-11(14)16/h2-4,6,10,13H,5,7-9H2,1H3. The van der Waals surface area contributed by atoms with Gasteiger partial charge in [-0.05, 0) is 13.0 Å². The number of carbonyl (C=O) groups is 1. The average Bonchev–Trinajstić information content (AvgIpc) is 2.33. The molecule has 0 radical (unpaired) electrons. The fourth-order valence-corrected chi connectivity index (χ4v) is 1.98. The van der Waals surface area contributed by atoms with E-state index >= 15 is 0 Å². The number of carbonyl (C=O) groups excluding carboxylic acids is 1. The van der Waals surface area contributed by atoms with Crippen LogP contribution in [0.4, 0.5) is 0 Å². The third-order valence-electron chi connectivity index (χ3n) is 3.02. The van der Waals surface area contributed by atoms with Crippen LogP contribution in [0.5, 0.6) is 0 Å². The molecule has 2 heterocycles. The molecule has 92 valence electrons. The topological polar surface area (TPSA) is 54.3 Å². The third-order valence-corrected chi connectivity index (χ3v) is 3.02. The van der Waals surface area contributed by atoms with Crippen LogP contribution in [0.2, 0.25) is 0 Å². The molecule has 1 amide bonds. The Morgan fingerprint density at radius 2 is 2.18 bits per heavy atom. The van der Waals surface area contributed by atoms with Crippen molar-refractivity contribution < 1.29 is 4.79 Å². The van der Waals surface area contributed by atoms with Gasteiger partial charge in [0.1, 0.15) is 0 Å². The highest BCUT2D eigenvalue weighted by Crippen LogP contribution is 2.00. The minimum absolute atomic E-state index is 0.0249. The lowest BCUT2D eigenvalue weighted by Gasteiger charge is -2.31. The quantitative estimate of drug-likeness (QED) is 0.780. The van der Waals surface area contributed by atoms with Crippen molar-refractivity contribution in [2.75, 3.05) is 19.6 Å². The van der Waals surface area contributed by atoms with E-state index in [0.29, 0.717) is 19.6 Å². The van der Waals surface area contributed by atoms with Crippen molar-refractivity contribution in [1.82, 2.24) is 14.8 Å². The normalized spacial score (nSPS) is 20.6. The van der Waals surface area contributed by atoms with E-state index in [0.717, 1.165) is 6.54 Å². The first kappa shape index (κ1) is 11.9. The molecule has 1 N–H and O–H groups in total. The molecule has 1 aromatic rings. The number of nitrogens with zero attached hydrogens (tertiary/aromatic N) is 2. The van der Waals surface area contributed by atoms with Gasteiger partial charge in [0.15, 0.2) is 0 Å². The molecular formula is C12H17N3O2. The van der Waals surface area contributed by atoms with Crippen LogP contribution in [0.15, 0.2) is 29.2 Å². The second-order valence-electron chi connectivity index (χ2n) is 4.23. The van der Waals surface area contributed by atoms with Gasteiger partial charge in [0.25, 0.3) is 5.56 Å². The van der Waals surface area contributed by atoms with Crippen LogP contribution >= 0.6 is 0 Å². The molecule has 5 heteroatoms. The number of hydrogen-bond acceptors (Lipinski definition) is 3. The highest BCUT2D eigenvalue weighted by molar-refractivity contribution is 5.82. The molecule has 0 bridgehead atoms. The molecule has 1 aliphatic rings. The number of rotatable bonds is 3. The van der Waals surface area contributed by atoms with Gasteiger partial charge in [-0.3, -0.25) is 9.59 Å². The van der Waals surface area contributed by atoms with Gasteiger partial charge < -0.3 is 14.8 Å². The lowest BCUT2D eigenvalue weighted by Crippen LogP contribution is -2.54. The molecule has 0 saturated carbocycles. The van der Waals surface area contributed by atoms with E-state index in [-0.39, 0.29) is 17.5 Å². The van der Waals surface area contributed by atoms with Gasteiger partial charge >= 0.3 is 0 Å². The average molecular weight is 235 g/mol. The number of nitrogens with one attached hydrogen (secondary N) is 1. The van der Waals surface area contributed by atoms with E-state index in [1.807, 2.05) is 13.0 Å². The van der Waals surface area contributed by atoms with Crippen molar-refractivity contribution >= 4 is 5.91 Å². The lowest BCUT2D eigenvalue weighted by molar-refractivity contribution is -0.135. The van der Waals surface area contributed by atoms with Crippen LogP contribution in [0.25, 0.3) is 0 Å². The van der Waals surface area contributed by atoms with Crippen LogP contribution in [0.3, 0.4) is 0 Å². The predicted molar refractivity (Wildman–Crippen MR) is 64.7 cm³/mol. The maximum absolute atomic E-state index is 11.8. The Morgan fingerprint density at radius 3 is 2.94 bits per heavy atom. The van der Waals surface area contributed by atoms with Crippen LogP contribution in [-0.2, 0) is 11.3 Å². The Morgan fingerprint density at radius 1 is 1.35 bits per heavy atom. The van der Waals surface area contributed by atoms with E-state index in [4.69, 9.17) is 0 Å². The van der Waals surface area contributed by atoms with Crippen LogP contribution in [-0.4, -0.2) is 41.1 Å². The molecule has 0 aliphatic carbocycles. The first-order valence-electron chi connectivity index (χ1n) is 5.86. The Balaban J connectivity index is 1.96. The summed E-state index contributed by atoms with van der Waals surface area (Å²) in [5.41, 5.74) is -0.0249. The predicted octanol–water partition coefficient (Wildman–Crippen LogP) is -0.331. The molecule has 1 fully saturated rings. The van der Waals surface area contributed by atoms with Gasteiger partial charge in [-0.2, -0.15) is 0 Å². The molecule has 1 saturated heterocycles. The Bertz CT molecular complexity index is 455. The molecule has 2 rings (SSSR count). The van der Waals surface area contributed by atoms with E-state index < -0.39 is 0 Å². The van der Waals surface area contributed by atoms with Crippen molar-refractivity contribution in [3.8, 4) is 0 Å². The van der Waals surface area contributed by atoms with Gasteiger partial charge in [0.2, 0.25) is 5.91 Å². The van der Waals surface area contributed by atoms with Gasteiger partial charge in [-0.25, -0.2) is 0 Å². The van der Waals surface area contributed by atoms with Gasteiger partial charge in [0, 0.05) is 38.4 Å².